The molecule has 1 N–H and O–H groups in total. The van der Waals surface area contributed by atoms with E-state index in [0.717, 1.165) is 19.4 Å². The minimum atomic E-state index is -0.332. The van der Waals surface area contributed by atoms with Crippen molar-refractivity contribution in [3.63, 3.8) is 0 Å². The molecule has 2 aromatic rings. The highest BCUT2D eigenvalue weighted by atomic mass is 79.9. The van der Waals surface area contributed by atoms with Crippen LogP contribution in [0.2, 0.25) is 10.0 Å². The highest BCUT2D eigenvalue weighted by Crippen LogP contribution is 2.36. The second-order valence-electron chi connectivity index (χ2n) is 5.98. The van der Waals surface area contributed by atoms with Crippen LogP contribution in [-0.2, 0) is 9.53 Å². The van der Waals surface area contributed by atoms with Crippen LogP contribution in [0.15, 0.2) is 40.9 Å². The summed E-state index contributed by atoms with van der Waals surface area (Å²) in [4.78, 5) is 12.3. The van der Waals surface area contributed by atoms with E-state index in [4.69, 9.17) is 37.4 Å². The van der Waals surface area contributed by atoms with Crippen molar-refractivity contribution in [2.45, 2.75) is 18.9 Å². The van der Waals surface area contributed by atoms with Crippen LogP contribution >= 0.6 is 39.1 Å². The third-order valence-electron chi connectivity index (χ3n) is 3.92. The fourth-order valence-electron chi connectivity index (χ4n) is 2.65. The summed E-state index contributed by atoms with van der Waals surface area (Å²) < 4.78 is 17.5. The van der Waals surface area contributed by atoms with Gasteiger partial charge in [0, 0.05) is 11.6 Å². The van der Waals surface area contributed by atoms with Gasteiger partial charge >= 0.3 is 0 Å². The lowest BCUT2D eigenvalue weighted by Crippen LogP contribution is -2.22. The van der Waals surface area contributed by atoms with Crippen LogP contribution in [0.25, 0.3) is 0 Å². The molecular weight excluding hydrogens is 457 g/mol. The predicted molar refractivity (Wildman–Crippen MR) is 109 cm³/mol. The number of para-hydroxylation sites is 2. The normalized spacial score (nSPS) is 16.2. The molecule has 0 spiro atoms. The molecular formula is C19H18BrCl2NO4. The van der Waals surface area contributed by atoms with Gasteiger partial charge in [-0.15, -0.1) is 0 Å². The van der Waals surface area contributed by atoms with Crippen LogP contribution in [0, 0.1) is 0 Å². The van der Waals surface area contributed by atoms with Crippen molar-refractivity contribution < 1.29 is 19.0 Å². The minimum Gasteiger partial charge on any atom is -0.489 e. The van der Waals surface area contributed by atoms with E-state index in [1.54, 1.807) is 24.3 Å². The average molecular weight is 475 g/mol. The fraction of sp³-hybridized carbons (Fsp3) is 0.316. The predicted octanol–water partition coefficient (Wildman–Crippen LogP) is 5.33. The molecule has 5 nitrogen and oxygen atoms in total. The highest BCUT2D eigenvalue weighted by Gasteiger charge is 2.17. The lowest BCUT2D eigenvalue weighted by atomic mass is 10.2. The van der Waals surface area contributed by atoms with E-state index in [0.29, 0.717) is 38.3 Å². The van der Waals surface area contributed by atoms with Crippen molar-refractivity contribution in [3.05, 3.63) is 50.9 Å². The Morgan fingerprint density at radius 2 is 2.07 bits per heavy atom. The number of carbonyl (C=O) groups is 1. The number of nitrogens with one attached hydrogen (secondary N) is 1. The van der Waals surface area contributed by atoms with Crippen molar-refractivity contribution in [2.75, 3.05) is 25.1 Å². The Morgan fingerprint density at radius 3 is 2.81 bits per heavy atom. The minimum absolute atomic E-state index is 0.0986. The summed E-state index contributed by atoms with van der Waals surface area (Å²) in [5.41, 5.74) is 0.574. The molecule has 0 saturated carbocycles. The smallest absolute Gasteiger partial charge is 0.262 e. The van der Waals surface area contributed by atoms with Gasteiger partial charge in [0.15, 0.2) is 12.4 Å². The summed E-state index contributed by atoms with van der Waals surface area (Å²) in [6, 6.07) is 10.4. The second kappa shape index (κ2) is 9.64. The first-order valence-electron chi connectivity index (χ1n) is 8.43. The molecule has 1 heterocycles. The fourth-order valence-corrected chi connectivity index (χ4v) is 4.01. The Balaban J connectivity index is 1.58. The standard InChI is InChI=1S/C19H18BrCl2NO4/c20-14-8-12(21)9-15(22)19(14)27-11-18(24)23-16-5-1-2-6-17(16)26-10-13-4-3-7-25-13/h1-2,5-6,8-9,13H,3-4,7,10-11H2,(H,23,24). The zero-order valence-electron chi connectivity index (χ0n) is 14.3. The van der Waals surface area contributed by atoms with Crippen molar-refractivity contribution in [1.29, 1.82) is 0 Å². The van der Waals surface area contributed by atoms with Crippen LogP contribution in [0.4, 0.5) is 5.69 Å². The first-order valence-corrected chi connectivity index (χ1v) is 9.98. The largest absolute Gasteiger partial charge is 0.489 e. The summed E-state index contributed by atoms with van der Waals surface area (Å²) in [6.07, 6.45) is 2.13. The van der Waals surface area contributed by atoms with E-state index in [-0.39, 0.29) is 18.6 Å². The molecule has 1 atom stereocenters. The SMILES string of the molecule is O=C(COc1c(Cl)cc(Cl)cc1Br)Nc1ccccc1OCC1CCCO1. The Labute approximate surface area is 176 Å². The molecule has 3 rings (SSSR count). The van der Waals surface area contributed by atoms with Gasteiger partial charge in [0.2, 0.25) is 0 Å². The van der Waals surface area contributed by atoms with E-state index >= 15 is 0 Å². The number of halogens is 3. The van der Waals surface area contributed by atoms with Crippen LogP contribution in [-0.4, -0.2) is 31.8 Å². The van der Waals surface area contributed by atoms with Crippen LogP contribution in [0.3, 0.4) is 0 Å². The molecule has 8 heteroatoms. The molecule has 0 bridgehead atoms. The molecule has 2 aromatic carbocycles. The molecule has 1 aliphatic heterocycles. The van der Waals surface area contributed by atoms with E-state index in [1.165, 1.54) is 0 Å². The number of ether oxygens (including phenoxy) is 3. The maximum Gasteiger partial charge on any atom is 0.262 e. The maximum atomic E-state index is 12.3. The third kappa shape index (κ3) is 5.75. The van der Waals surface area contributed by atoms with E-state index < -0.39 is 0 Å². The average Bonchev–Trinajstić information content (AvgIpc) is 3.13. The molecule has 1 saturated heterocycles. The number of anilines is 1. The maximum absolute atomic E-state index is 12.3. The first kappa shape index (κ1) is 20.3. The van der Waals surface area contributed by atoms with Gasteiger partial charge in [0.1, 0.15) is 12.4 Å². The van der Waals surface area contributed by atoms with Gasteiger partial charge in [0.25, 0.3) is 5.91 Å². The quantitative estimate of drug-likeness (QED) is 0.589. The summed E-state index contributed by atoms with van der Waals surface area (Å²) in [6.45, 7) is 1.02. The van der Waals surface area contributed by atoms with E-state index in [1.807, 2.05) is 12.1 Å². The second-order valence-corrected chi connectivity index (χ2v) is 7.68. The van der Waals surface area contributed by atoms with E-state index in [2.05, 4.69) is 21.2 Å². The molecule has 0 aromatic heterocycles. The van der Waals surface area contributed by atoms with Gasteiger partial charge in [-0.3, -0.25) is 4.79 Å². The van der Waals surface area contributed by atoms with Gasteiger partial charge < -0.3 is 19.5 Å². The molecule has 1 unspecified atom stereocenters. The molecule has 0 aliphatic carbocycles. The van der Waals surface area contributed by atoms with Gasteiger partial charge in [-0.05, 0) is 53.0 Å². The van der Waals surface area contributed by atoms with E-state index in [9.17, 15) is 4.79 Å². The van der Waals surface area contributed by atoms with Crippen molar-refractivity contribution in [1.82, 2.24) is 0 Å². The molecule has 144 valence electrons. The molecule has 27 heavy (non-hydrogen) atoms. The van der Waals surface area contributed by atoms with Crippen LogP contribution < -0.4 is 14.8 Å². The summed E-state index contributed by atoms with van der Waals surface area (Å²) in [7, 11) is 0. The number of hydrogen-bond donors (Lipinski definition) is 1. The summed E-state index contributed by atoms with van der Waals surface area (Å²) in [5.74, 6) is 0.618. The number of carbonyl (C=O) groups excluding carboxylic acids is 1. The zero-order chi connectivity index (χ0) is 19.2. The Hall–Kier alpha value is -1.47. The van der Waals surface area contributed by atoms with Crippen molar-refractivity contribution >= 4 is 50.7 Å². The Morgan fingerprint density at radius 1 is 1.26 bits per heavy atom. The number of rotatable bonds is 7. The molecule has 1 aliphatic rings. The molecule has 1 fully saturated rings. The Bertz CT molecular complexity index is 789. The summed E-state index contributed by atoms with van der Waals surface area (Å²) in [5, 5.41) is 3.59. The monoisotopic (exact) mass is 473 g/mol. The molecule has 1 amide bonds. The molecule has 0 radical (unpaired) electrons. The lowest BCUT2D eigenvalue weighted by Gasteiger charge is -2.15. The zero-order valence-corrected chi connectivity index (χ0v) is 17.4. The van der Waals surface area contributed by atoms with Gasteiger partial charge in [-0.25, -0.2) is 0 Å². The lowest BCUT2D eigenvalue weighted by molar-refractivity contribution is -0.118. The van der Waals surface area contributed by atoms with Crippen molar-refractivity contribution in [3.8, 4) is 11.5 Å². The van der Waals surface area contributed by atoms with Crippen LogP contribution in [0.1, 0.15) is 12.8 Å². The first-order chi connectivity index (χ1) is 13.0. The number of amides is 1. The highest BCUT2D eigenvalue weighted by molar-refractivity contribution is 9.10. The Kier molecular flexibility index (Phi) is 7.24. The van der Waals surface area contributed by atoms with Gasteiger partial charge in [0.05, 0.1) is 21.3 Å². The third-order valence-corrected chi connectivity index (χ3v) is 5.01. The van der Waals surface area contributed by atoms with Crippen LogP contribution in [0.5, 0.6) is 11.5 Å². The number of hydrogen-bond acceptors (Lipinski definition) is 4. The summed E-state index contributed by atoms with van der Waals surface area (Å²) >= 11 is 15.3. The topological polar surface area (TPSA) is 56.8 Å². The van der Waals surface area contributed by atoms with Crippen molar-refractivity contribution in [2.24, 2.45) is 0 Å². The number of benzene rings is 2. The van der Waals surface area contributed by atoms with Gasteiger partial charge in [-0.1, -0.05) is 35.3 Å². The van der Waals surface area contributed by atoms with Gasteiger partial charge in [-0.2, -0.15) is 0 Å².